The molecule has 1 nitrogen and oxygen atoms in total. The summed E-state index contributed by atoms with van der Waals surface area (Å²) in [6, 6.07) is 0.749. The Labute approximate surface area is 70.8 Å². The molecule has 66 valence electrons. The van der Waals surface area contributed by atoms with Crippen LogP contribution in [0.5, 0.6) is 0 Å². The molecule has 1 fully saturated rings. The van der Waals surface area contributed by atoms with E-state index in [1.807, 2.05) is 0 Å². The molecular weight excluding hydrogens is 134 g/mol. The number of nitrogens with zero attached hydrogens (tertiary/aromatic N) is 1. The fraction of sp³-hybridized carbons (Fsp3) is 1.00. The van der Waals surface area contributed by atoms with Gasteiger partial charge in [-0.2, -0.15) is 0 Å². The summed E-state index contributed by atoms with van der Waals surface area (Å²) in [4.78, 5) is 2.47. The van der Waals surface area contributed by atoms with Gasteiger partial charge in [0.05, 0.1) is 0 Å². The fourth-order valence-electron chi connectivity index (χ4n) is 1.93. The Bertz CT molecular complexity index is 140. The highest BCUT2D eigenvalue weighted by Gasteiger charge is 2.35. The van der Waals surface area contributed by atoms with E-state index in [-0.39, 0.29) is 0 Å². The van der Waals surface area contributed by atoms with Gasteiger partial charge >= 0.3 is 0 Å². The zero-order valence-electron chi connectivity index (χ0n) is 8.52. The summed E-state index contributed by atoms with van der Waals surface area (Å²) in [7, 11) is 2.23. The summed E-state index contributed by atoms with van der Waals surface area (Å²) in [6.45, 7) is 10.8. The predicted molar refractivity (Wildman–Crippen MR) is 49.7 cm³/mol. The Hall–Kier alpha value is -0.0400. The van der Waals surface area contributed by atoms with Crippen molar-refractivity contribution in [1.29, 1.82) is 0 Å². The van der Waals surface area contributed by atoms with E-state index in [9.17, 15) is 0 Å². The van der Waals surface area contributed by atoms with Crippen LogP contribution in [-0.2, 0) is 0 Å². The minimum absolute atomic E-state index is 0.548. The van der Waals surface area contributed by atoms with E-state index in [4.69, 9.17) is 0 Å². The maximum absolute atomic E-state index is 2.47. The number of likely N-dealkylation sites (tertiary alicyclic amines) is 1. The summed E-state index contributed by atoms with van der Waals surface area (Å²) in [6.07, 6.45) is 1.34. The van der Waals surface area contributed by atoms with Crippen LogP contribution in [0.25, 0.3) is 0 Å². The smallest absolute Gasteiger partial charge is 0.00946 e. The van der Waals surface area contributed by atoms with E-state index in [1.54, 1.807) is 0 Å². The molecule has 2 atom stereocenters. The molecule has 0 bridgehead atoms. The van der Waals surface area contributed by atoms with Crippen molar-refractivity contribution in [2.24, 2.45) is 11.3 Å². The molecular formula is C10H21N. The molecule has 0 radical (unpaired) electrons. The molecule has 1 aliphatic heterocycles. The van der Waals surface area contributed by atoms with Crippen molar-refractivity contribution in [1.82, 2.24) is 4.90 Å². The molecule has 1 heterocycles. The maximum Gasteiger partial charge on any atom is 0.00946 e. The monoisotopic (exact) mass is 155 g/mol. The second-order valence-corrected chi connectivity index (χ2v) is 4.75. The van der Waals surface area contributed by atoms with E-state index in [1.165, 1.54) is 13.0 Å². The quantitative estimate of drug-likeness (QED) is 0.519. The zero-order valence-corrected chi connectivity index (χ0v) is 8.52. The van der Waals surface area contributed by atoms with E-state index in [0.717, 1.165) is 12.0 Å². The van der Waals surface area contributed by atoms with Crippen molar-refractivity contribution in [3.8, 4) is 0 Å². The lowest BCUT2D eigenvalue weighted by atomic mass is 9.71. The molecule has 1 saturated heterocycles. The summed E-state index contributed by atoms with van der Waals surface area (Å²) in [5.74, 6) is 0.821. The molecule has 1 heteroatoms. The van der Waals surface area contributed by atoms with Gasteiger partial charge in [0.2, 0.25) is 0 Å². The molecule has 0 amide bonds. The van der Waals surface area contributed by atoms with Gasteiger partial charge in [-0.05, 0) is 38.3 Å². The second kappa shape index (κ2) is 2.78. The molecule has 11 heavy (non-hydrogen) atoms. The third-order valence-electron chi connectivity index (χ3n) is 3.76. The van der Waals surface area contributed by atoms with E-state index < -0.39 is 0 Å². The number of hydrogen-bond acceptors (Lipinski definition) is 1. The lowest BCUT2D eigenvalue weighted by molar-refractivity contribution is 0.0368. The minimum atomic E-state index is 0.548. The van der Waals surface area contributed by atoms with Crippen LogP contribution in [0, 0.1) is 11.3 Å². The highest BCUT2D eigenvalue weighted by molar-refractivity contribution is 4.88. The van der Waals surface area contributed by atoms with Crippen LogP contribution in [0.3, 0.4) is 0 Å². The van der Waals surface area contributed by atoms with Gasteiger partial charge in [-0.3, -0.25) is 0 Å². The minimum Gasteiger partial charge on any atom is -0.303 e. The standard InChI is InChI=1S/C10H21N/c1-8-9(2)11(5)7-6-10(8,3)4/h8-9H,6-7H2,1-5H3. The topological polar surface area (TPSA) is 3.24 Å². The SMILES string of the molecule is CC1C(C)C(C)(C)CCN1C. The largest absolute Gasteiger partial charge is 0.303 e. The Morgan fingerprint density at radius 3 is 2.27 bits per heavy atom. The Morgan fingerprint density at radius 2 is 1.82 bits per heavy atom. The van der Waals surface area contributed by atoms with E-state index in [0.29, 0.717) is 5.41 Å². The van der Waals surface area contributed by atoms with Crippen LogP contribution in [0.15, 0.2) is 0 Å². The third-order valence-corrected chi connectivity index (χ3v) is 3.76. The van der Waals surface area contributed by atoms with Crippen molar-refractivity contribution in [2.45, 2.75) is 40.2 Å². The molecule has 0 aromatic heterocycles. The molecule has 2 unspecified atom stereocenters. The van der Waals surface area contributed by atoms with Crippen molar-refractivity contribution in [3.05, 3.63) is 0 Å². The normalized spacial score (nSPS) is 39.0. The first-order chi connectivity index (χ1) is 4.95. The first-order valence-corrected chi connectivity index (χ1v) is 4.65. The first-order valence-electron chi connectivity index (χ1n) is 4.65. The maximum atomic E-state index is 2.47. The van der Waals surface area contributed by atoms with Crippen LogP contribution in [0.2, 0.25) is 0 Å². The molecule has 0 saturated carbocycles. The first kappa shape index (κ1) is 9.05. The second-order valence-electron chi connectivity index (χ2n) is 4.75. The predicted octanol–water partition coefficient (Wildman–Crippen LogP) is 2.37. The summed E-state index contributed by atoms with van der Waals surface area (Å²) < 4.78 is 0. The van der Waals surface area contributed by atoms with Gasteiger partial charge < -0.3 is 4.90 Å². The molecule has 0 aliphatic carbocycles. The van der Waals surface area contributed by atoms with E-state index >= 15 is 0 Å². The van der Waals surface area contributed by atoms with Gasteiger partial charge in [0.1, 0.15) is 0 Å². The van der Waals surface area contributed by atoms with Gasteiger partial charge in [-0.25, -0.2) is 0 Å². The molecule has 0 aromatic rings. The van der Waals surface area contributed by atoms with E-state index in [2.05, 4.69) is 39.6 Å². The van der Waals surface area contributed by atoms with Gasteiger partial charge in [0, 0.05) is 6.04 Å². The molecule has 0 spiro atoms. The molecule has 0 aromatic carbocycles. The van der Waals surface area contributed by atoms with Crippen LogP contribution >= 0.6 is 0 Å². The van der Waals surface area contributed by atoms with Crippen LogP contribution < -0.4 is 0 Å². The lowest BCUT2D eigenvalue weighted by Crippen LogP contribution is -2.47. The highest BCUT2D eigenvalue weighted by Crippen LogP contribution is 2.38. The van der Waals surface area contributed by atoms with Crippen LogP contribution in [0.1, 0.15) is 34.1 Å². The Morgan fingerprint density at radius 1 is 1.27 bits per heavy atom. The van der Waals surface area contributed by atoms with Gasteiger partial charge in [0.15, 0.2) is 0 Å². The number of piperidine rings is 1. The highest BCUT2D eigenvalue weighted by atomic mass is 15.1. The summed E-state index contributed by atoms with van der Waals surface area (Å²) >= 11 is 0. The average molecular weight is 155 g/mol. The van der Waals surface area contributed by atoms with Crippen molar-refractivity contribution >= 4 is 0 Å². The third kappa shape index (κ3) is 1.58. The molecule has 1 rings (SSSR count). The van der Waals surface area contributed by atoms with Crippen LogP contribution in [0.4, 0.5) is 0 Å². The Balaban J connectivity index is 2.67. The fourth-order valence-corrected chi connectivity index (χ4v) is 1.93. The van der Waals surface area contributed by atoms with Crippen molar-refractivity contribution < 1.29 is 0 Å². The summed E-state index contributed by atoms with van der Waals surface area (Å²) in [5, 5.41) is 0. The zero-order chi connectivity index (χ0) is 8.65. The van der Waals surface area contributed by atoms with Gasteiger partial charge in [0.25, 0.3) is 0 Å². The molecule has 1 aliphatic rings. The van der Waals surface area contributed by atoms with Gasteiger partial charge in [-0.15, -0.1) is 0 Å². The average Bonchev–Trinajstić information content (AvgIpc) is 1.95. The lowest BCUT2D eigenvalue weighted by Gasteiger charge is -2.46. The number of hydrogen-bond donors (Lipinski definition) is 0. The van der Waals surface area contributed by atoms with Crippen molar-refractivity contribution in [3.63, 3.8) is 0 Å². The van der Waals surface area contributed by atoms with Gasteiger partial charge in [-0.1, -0.05) is 20.8 Å². The van der Waals surface area contributed by atoms with Crippen LogP contribution in [-0.4, -0.2) is 24.5 Å². The summed E-state index contributed by atoms with van der Waals surface area (Å²) in [5.41, 5.74) is 0.548. The number of rotatable bonds is 0. The Kier molecular flexibility index (Phi) is 2.29. The molecule has 0 N–H and O–H groups in total. The van der Waals surface area contributed by atoms with Crippen molar-refractivity contribution in [2.75, 3.05) is 13.6 Å².